The van der Waals surface area contributed by atoms with Gasteiger partial charge in [-0.05, 0) is 61.4 Å². The first kappa shape index (κ1) is 18.4. The lowest BCUT2D eigenvalue weighted by atomic mass is 10.1. The van der Waals surface area contributed by atoms with Gasteiger partial charge in [0.2, 0.25) is 15.9 Å². The zero-order valence-electron chi connectivity index (χ0n) is 15.0. The Kier molecular flexibility index (Phi) is 5.02. The molecule has 1 atom stereocenters. The van der Waals surface area contributed by atoms with Gasteiger partial charge < -0.3 is 9.64 Å². The summed E-state index contributed by atoms with van der Waals surface area (Å²) in [5.41, 5.74) is 3.04. The summed E-state index contributed by atoms with van der Waals surface area (Å²) in [7, 11) is -2.18. The SMILES string of the molecule is COc1ccc(S(=O)(=O)N[C@@H]2CC(=O)N(c3ccc(C)c(C)c3)C2)cc1. The molecule has 138 valence electrons. The molecule has 26 heavy (non-hydrogen) atoms. The number of carbonyl (C=O) groups excluding carboxylic acids is 1. The summed E-state index contributed by atoms with van der Waals surface area (Å²) in [5, 5.41) is 0. The second-order valence-corrected chi connectivity index (χ2v) is 8.18. The molecule has 0 unspecified atom stereocenters. The van der Waals surface area contributed by atoms with Crippen LogP contribution in [-0.2, 0) is 14.8 Å². The fourth-order valence-electron chi connectivity index (χ4n) is 2.97. The van der Waals surface area contributed by atoms with Crippen molar-refractivity contribution in [3.8, 4) is 5.75 Å². The van der Waals surface area contributed by atoms with Crippen molar-refractivity contribution >= 4 is 21.6 Å². The molecule has 2 aromatic carbocycles. The Bertz CT molecular complexity index is 923. The lowest BCUT2D eigenvalue weighted by Gasteiger charge is -2.18. The van der Waals surface area contributed by atoms with Crippen LogP contribution in [0.4, 0.5) is 5.69 Å². The highest BCUT2D eigenvalue weighted by atomic mass is 32.2. The highest BCUT2D eigenvalue weighted by Gasteiger charge is 2.33. The number of hydrogen-bond acceptors (Lipinski definition) is 4. The molecule has 6 nitrogen and oxygen atoms in total. The summed E-state index contributed by atoms with van der Waals surface area (Å²) in [6.45, 7) is 4.32. The number of aryl methyl sites for hydroxylation is 2. The number of rotatable bonds is 5. The normalized spacial score (nSPS) is 17.6. The number of nitrogens with one attached hydrogen (secondary N) is 1. The monoisotopic (exact) mass is 374 g/mol. The van der Waals surface area contributed by atoms with Crippen LogP contribution in [0.2, 0.25) is 0 Å². The van der Waals surface area contributed by atoms with Gasteiger partial charge in [0.1, 0.15) is 5.75 Å². The zero-order chi connectivity index (χ0) is 18.9. The van der Waals surface area contributed by atoms with Crippen molar-refractivity contribution in [2.75, 3.05) is 18.6 Å². The Labute approximate surface area is 153 Å². The molecular formula is C19H22N2O4S. The molecule has 2 aromatic rings. The van der Waals surface area contributed by atoms with E-state index >= 15 is 0 Å². The molecule has 1 heterocycles. The molecule has 1 aliphatic rings. The van der Waals surface area contributed by atoms with Crippen LogP contribution in [0.25, 0.3) is 0 Å². The lowest BCUT2D eigenvalue weighted by Crippen LogP contribution is -2.37. The third-order valence-electron chi connectivity index (χ3n) is 4.62. The van der Waals surface area contributed by atoms with E-state index < -0.39 is 16.1 Å². The zero-order valence-corrected chi connectivity index (χ0v) is 15.8. The Morgan fingerprint density at radius 2 is 1.77 bits per heavy atom. The molecule has 1 saturated heterocycles. The molecule has 0 radical (unpaired) electrons. The number of anilines is 1. The summed E-state index contributed by atoms with van der Waals surface area (Å²) in [6.07, 6.45) is 0.141. The Hall–Kier alpha value is -2.38. The fourth-order valence-corrected chi connectivity index (χ4v) is 4.20. The van der Waals surface area contributed by atoms with Crippen molar-refractivity contribution < 1.29 is 17.9 Å². The fraction of sp³-hybridized carbons (Fsp3) is 0.316. The van der Waals surface area contributed by atoms with Crippen LogP contribution >= 0.6 is 0 Å². The van der Waals surface area contributed by atoms with Crippen molar-refractivity contribution in [3.63, 3.8) is 0 Å². The van der Waals surface area contributed by atoms with Gasteiger partial charge in [0.15, 0.2) is 0 Å². The van der Waals surface area contributed by atoms with Crippen LogP contribution in [0.1, 0.15) is 17.5 Å². The van der Waals surface area contributed by atoms with Crippen LogP contribution < -0.4 is 14.4 Å². The maximum atomic E-state index is 12.6. The smallest absolute Gasteiger partial charge is 0.240 e. The summed E-state index contributed by atoms with van der Waals surface area (Å²) >= 11 is 0. The second kappa shape index (κ2) is 7.09. The van der Waals surface area contributed by atoms with Gasteiger partial charge in [-0.3, -0.25) is 4.79 Å². The molecule has 0 saturated carbocycles. The van der Waals surface area contributed by atoms with Crippen LogP contribution in [0, 0.1) is 13.8 Å². The predicted molar refractivity (Wildman–Crippen MR) is 100.0 cm³/mol. The standard InChI is InChI=1S/C19H22N2O4S/c1-13-4-5-16(10-14(13)2)21-12-15(11-19(21)22)20-26(23,24)18-8-6-17(25-3)7-9-18/h4-10,15,20H,11-12H2,1-3H3/t15-/m1/s1. The highest BCUT2D eigenvalue weighted by Crippen LogP contribution is 2.25. The van der Waals surface area contributed by atoms with E-state index in [1.54, 1.807) is 17.0 Å². The Morgan fingerprint density at radius 3 is 2.38 bits per heavy atom. The minimum atomic E-state index is -3.70. The van der Waals surface area contributed by atoms with Gasteiger partial charge in [-0.1, -0.05) is 6.07 Å². The van der Waals surface area contributed by atoms with Gasteiger partial charge in [-0.15, -0.1) is 0 Å². The van der Waals surface area contributed by atoms with Crippen molar-refractivity contribution in [2.24, 2.45) is 0 Å². The average Bonchev–Trinajstić information content (AvgIpc) is 2.97. The number of nitrogens with zero attached hydrogens (tertiary/aromatic N) is 1. The quantitative estimate of drug-likeness (QED) is 0.872. The number of amides is 1. The summed E-state index contributed by atoms with van der Waals surface area (Å²) in [5.74, 6) is 0.497. The first-order valence-electron chi connectivity index (χ1n) is 8.34. The molecule has 0 aromatic heterocycles. The van der Waals surface area contributed by atoms with Crippen LogP contribution in [0.15, 0.2) is 47.4 Å². The summed E-state index contributed by atoms with van der Waals surface area (Å²) < 4.78 is 32.8. The topological polar surface area (TPSA) is 75.7 Å². The summed E-state index contributed by atoms with van der Waals surface area (Å²) in [4.78, 5) is 14.1. The number of ether oxygens (including phenoxy) is 1. The molecule has 0 aliphatic carbocycles. The van der Waals surface area contributed by atoms with Crippen molar-refractivity contribution in [1.82, 2.24) is 4.72 Å². The third kappa shape index (κ3) is 3.73. The van der Waals surface area contributed by atoms with E-state index in [4.69, 9.17) is 4.74 Å². The maximum absolute atomic E-state index is 12.6. The van der Waals surface area contributed by atoms with Gasteiger partial charge >= 0.3 is 0 Å². The number of carbonyl (C=O) groups is 1. The predicted octanol–water partition coefficient (Wildman–Crippen LogP) is 2.40. The molecule has 1 aliphatic heterocycles. The molecule has 1 fully saturated rings. The van der Waals surface area contributed by atoms with Crippen LogP contribution in [0.3, 0.4) is 0 Å². The molecule has 3 rings (SSSR count). The van der Waals surface area contributed by atoms with Gasteiger partial charge in [0.05, 0.1) is 12.0 Å². The Balaban J connectivity index is 1.74. The molecule has 0 spiro atoms. The van der Waals surface area contributed by atoms with E-state index in [0.29, 0.717) is 12.3 Å². The van der Waals surface area contributed by atoms with E-state index in [9.17, 15) is 13.2 Å². The van der Waals surface area contributed by atoms with Crippen molar-refractivity contribution in [3.05, 3.63) is 53.6 Å². The number of methoxy groups -OCH3 is 1. The average molecular weight is 374 g/mol. The minimum absolute atomic E-state index is 0.0873. The lowest BCUT2D eigenvalue weighted by molar-refractivity contribution is -0.117. The van der Waals surface area contributed by atoms with Gasteiger partial charge in [0, 0.05) is 24.7 Å². The molecule has 1 amide bonds. The molecule has 7 heteroatoms. The van der Waals surface area contributed by atoms with Crippen molar-refractivity contribution in [2.45, 2.75) is 31.2 Å². The van der Waals surface area contributed by atoms with E-state index in [1.807, 2.05) is 32.0 Å². The minimum Gasteiger partial charge on any atom is -0.497 e. The molecule has 0 bridgehead atoms. The maximum Gasteiger partial charge on any atom is 0.240 e. The van der Waals surface area contributed by atoms with Gasteiger partial charge in [0.25, 0.3) is 0 Å². The van der Waals surface area contributed by atoms with Gasteiger partial charge in [-0.2, -0.15) is 0 Å². The second-order valence-electron chi connectivity index (χ2n) is 6.47. The molecule has 1 N–H and O–H groups in total. The van der Waals surface area contributed by atoms with Gasteiger partial charge in [-0.25, -0.2) is 13.1 Å². The first-order chi connectivity index (χ1) is 12.3. The number of hydrogen-bond donors (Lipinski definition) is 1. The van der Waals surface area contributed by atoms with Crippen LogP contribution in [-0.4, -0.2) is 34.0 Å². The van der Waals surface area contributed by atoms with Crippen molar-refractivity contribution in [1.29, 1.82) is 0 Å². The Morgan fingerprint density at radius 1 is 1.08 bits per heavy atom. The van der Waals surface area contributed by atoms with E-state index in [-0.39, 0.29) is 17.2 Å². The van der Waals surface area contributed by atoms with E-state index in [1.165, 1.54) is 19.2 Å². The third-order valence-corrected chi connectivity index (χ3v) is 6.16. The highest BCUT2D eigenvalue weighted by molar-refractivity contribution is 7.89. The number of sulfonamides is 1. The largest absolute Gasteiger partial charge is 0.497 e. The van der Waals surface area contributed by atoms with E-state index in [2.05, 4.69) is 4.72 Å². The van der Waals surface area contributed by atoms with E-state index in [0.717, 1.165) is 16.8 Å². The van der Waals surface area contributed by atoms with Crippen LogP contribution in [0.5, 0.6) is 5.75 Å². The number of benzene rings is 2. The summed E-state index contributed by atoms with van der Waals surface area (Å²) in [6, 6.07) is 11.5. The first-order valence-corrected chi connectivity index (χ1v) is 9.82. The molecular weight excluding hydrogens is 352 g/mol.